The van der Waals surface area contributed by atoms with Crippen LogP contribution in [0.5, 0.6) is 0 Å². The molecule has 0 spiro atoms. The maximum absolute atomic E-state index is 13.6. The number of rotatable bonds is 6. The van der Waals surface area contributed by atoms with Gasteiger partial charge < -0.3 is 4.52 Å². The Morgan fingerprint density at radius 3 is 2.67 bits per heavy atom. The summed E-state index contributed by atoms with van der Waals surface area (Å²) in [4.78, 5) is 4.75. The Labute approximate surface area is 154 Å². The van der Waals surface area contributed by atoms with E-state index in [1.165, 1.54) is 11.4 Å². The Morgan fingerprint density at radius 1 is 1.42 bits per heavy atom. The Hall–Kier alpha value is -0.420. The van der Waals surface area contributed by atoms with E-state index in [1.54, 1.807) is 18.9 Å². The second kappa shape index (κ2) is 8.31. The van der Waals surface area contributed by atoms with Crippen molar-refractivity contribution in [1.29, 1.82) is 0 Å². The molecular weight excluding hydrogens is 359 g/mol. The first-order valence-electron chi connectivity index (χ1n) is 8.18. The lowest BCUT2D eigenvalue weighted by Gasteiger charge is -2.42. The summed E-state index contributed by atoms with van der Waals surface area (Å²) in [5.74, 6) is 0.951. The first-order valence-corrected chi connectivity index (χ1v) is 12.2. The van der Waals surface area contributed by atoms with E-state index < -0.39 is 6.72 Å². The summed E-state index contributed by atoms with van der Waals surface area (Å²) in [6.07, 6.45) is 0.952. The number of para-hydroxylation sites is 1. The summed E-state index contributed by atoms with van der Waals surface area (Å²) in [5, 5.41) is 1.06. The third-order valence-corrected chi connectivity index (χ3v) is 10.7. The van der Waals surface area contributed by atoms with Gasteiger partial charge in [0.25, 0.3) is 0 Å². The standard InChI is InChI=1S/C17H27N2O2PS2/c1-6-14(2)24-22(20,21-5)19-12-17(3,4)13-23-16(19)18-15-10-8-7-9-11-15/h7-11,14H,6,12-13H2,1-5H3. The number of thioether (sulfide) groups is 1. The van der Waals surface area contributed by atoms with Crippen LogP contribution in [0, 0.1) is 5.41 Å². The predicted molar refractivity (Wildman–Crippen MR) is 108 cm³/mol. The zero-order chi connectivity index (χ0) is 17.8. The zero-order valence-electron chi connectivity index (χ0n) is 15.1. The molecule has 4 nitrogen and oxygen atoms in total. The van der Waals surface area contributed by atoms with Gasteiger partial charge in [0, 0.05) is 24.7 Å². The maximum atomic E-state index is 13.6. The number of hydrogen-bond acceptors (Lipinski definition) is 5. The van der Waals surface area contributed by atoms with Crippen molar-refractivity contribution in [1.82, 2.24) is 4.67 Å². The molecule has 0 radical (unpaired) electrons. The molecule has 1 fully saturated rings. The molecule has 2 rings (SSSR count). The smallest absolute Gasteiger partial charge is 0.309 e. The number of hydrogen-bond donors (Lipinski definition) is 0. The van der Waals surface area contributed by atoms with Gasteiger partial charge in [-0.1, -0.05) is 57.7 Å². The Bertz CT molecular complexity index is 622. The topological polar surface area (TPSA) is 41.9 Å². The van der Waals surface area contributed by atoms with Gasteiger partial charge >= 0.3 is 6.72 Å². The molecular formula is C17H27N2O2PS2. The van der Waals surface area contributed by atoms with Crippen molar-refractivity contribution < 1.29 is 9.09 Å². The van der Waals surface area contributed by atoms with Crippen molar-refractivity contribution in [2.75, 3.05) is 19.4 Å². The molecule has 0 aromatic heterocycles. The van der Waals surface area contributed by atoms with Crippen LogP contribution in [-0.4, -0.2) is 34.5 Å². The summed E-state index contributed by atoms with van der Waals surface area (Å²) in [6.45, 7) is 6.24. The van der Waals surface area contributed by atoms with E-state index in [1.807, 2.05) is 35.0 Å². The molecule has 1 aromatic carbocycles. The highest BCUT2D eigenvalue weighted by Crippen LogP contribution is 2.66. The highest BCUT2D eigenvalue weighted by atomic mass is 32.7. The minimum absolute atomic E-state index is 0.0601. The van der Waals surface area contributed by atoms with Gasteiger partial charge in [-0.2, -0.15) is 0 Å². The third kappa shape index (κ3) is 5.04. The molecule has 1 aliphatic rings. The minimum Gasteiger partial charge on any atom is -0.309 e. The lowest BCUT2D eigenvalue weighted by atomic mass is 9.96. The van der Waals surface area contributed by atoms with E-state index in [0.29, 0.717) is 6.54 Å². The van der Waals surface area contributed by atoms with Gasteiger partial charge in [0.05, 0.1) is 5.69 Å². The fourth-order valence-corrected chi connectivity index (χ4v) is 8.52. The molecule has 1 aromatic rings. The summed E-state index contributed by atoms with van der Waals surface area (Å²) in [7, 11) is 1.54. The number of aliphatic imine (C=N–C) groups is 1. The van der Waals surface area contributed by atoms with Crippen LogP contribution >= 0.6 is 29.9 Å². The average molecular weight is 387 g/mol. The largest absolute Gasteiger partial charge is 0.355 e. The lowest BCUT2D eigenvalue weighted by Crippen LogP contribution is -2.41. The summed E-state index contributed by atoms with van der Waals surface area (Å²) >= 11 is 3.09. The second-order valence-electron chi connectivity index (χ2n) is 6.72. The Kier molecular flexibility index (Phi) is 6.89. The van der Waals surface area contributed by atoms with Gasteiger partial charge in [-0.3, -0.25) is 9.24 Å². The molecule has 0 N–H and O–H groups in total. The molecule has 0 bridgehead atoms. The van der Waals surface area contributed by atoms with Gasteiger partial charge in [0.1, 0.15) is 0 Å². The van der Waals surface area contributed by atoms with Crippen molar-refractivity contribution in [3.8, 4) is 0 Å². The van der Waals surface area contributed by atoms with Gasteiger partial charge in [-0.05, 0) is 35.4 Å². The van der Waals surface area contributed by atoms with E-state index in [9.17, 15) is 4.57 Å². The minimum atomic E-state index is -3.02. The SMILES string of the molecule is CCC(C)SP(=O)(OC)N1CC(C)(C)CSC1=Nc1ccccc1. The van der Waals surface area contributed by atoms with Crippen molar-refractivity contribution in [2.24, 2.45) is 10.4 Å². The van der Waals surface area contributed by atoms with Gasteiger partial charge in [0.15, 0.2) is 5.17 Å². The van der Waals surface area contributed by atoms with E-state index in [0.717, 1.165) is 23.0 Å². The fraction of sp³-hybridized carbons (Fsp3) is 0.588. The number of nitrogens with zero attached hydrogens (tertiary/aromatic N) is 2. The average Bonchev–Trinajstić information content (AvgIpc) is 2.57. The molecule has 1 heterocycles. The van der Waals surface area contributed by atoms with Crippen molar-refractivity contribution in [2.45, 2.75) is 39.4 Å². The van der Waals surface area contributed by atoms with Crippen LogP contribution in [0.25, 0.3) is 0 Å². The monoisotopic (exact) mass is 386 g/mol. The van der Waals surface area contributed by atoms with Crippen LogP contribution in [0.3, 0.4) is 0 Å². The molecule has 0 amide bonds. The molecule has 1 saturated heterocycles. The van der Waals surface area contributed by atoms with E-state index >= 15 is 0 Å². The zero-order valence-corrected chi connectivity index (χ0v) is 17.6. The van der Waals surface area contributed by atoms with Gasteiger partial charge in [-0.25, -0.2) is 4.99 Å². The first kappa shape index (κ1) is 19.9. The Morgan fingerprint density at radius 2 is 2.08 bits per heavy atom. The van der Waals surface area contributed by atoms with E-state index in [2.05, 4.69) is 27.7 Å². The van der Waals surface area contributed by atoms with Gasteiger partial charge in [-0.15, -0.1) is 0 Å². The summed E-state index contributed by atoms with van der Waals surface area (Å²) in [5.41, 5.74) is 0.936. The molecule has 2 unspecified atom stereocenters. The highest BCUT2D eigenvalue weighted by molar-refractivity contribution is 8.56. The van der Waals surface area contributed by atoms with Crippen LogP contribution in [0.1, 0.15) is 34.1 Å². The van der Waals surface area contributed by atoms with Gasteiger partial charge in [0.2, 0.25) is 0 Å². The molecule has 24 heavy (non-hydrogen) atoms. The maximum Gasteiger partial charge on any atom is 0.355 e. The number of amidine groups is 1. The quantitative estimate of drug-likeness (QED) is 0.558. The van der Waals surface area contributed by atoms with Crippen molar-refractivity contribution >= 4 is 40.7 Å². The van der Waals surface area contributed by atoms with Crippen LogP contribution in [0.2, 0.25) is 0 Å². The summed E-state index contributed by atoms with van der Waals surface area (Å²) in [6, 6.07) is 9.82. The van der Waals surface area contributed by atoms with E-state index in [-0.39, 0.29) is 10.7 Å². The molecule has 2 atom stereocenters. The Balaban J connectivity index is 2.38. The normalized spacial score (nSPS) is 23.0. The van der Waals surface area contributed by atoms with Crippen LogP contribution in [0.15, 0.2) is 35.3 Å². The van der Waals surface area contributed by atoms with E-state index in [4.69, 9.17) is 9.52 Å². The first-order chi connectivity index (χ1) is 11.3. The molecule has 1 aliphatic heterocycles. The second-order valence-corrected chi connectivity index (χ2v) is 12.5. The van der Waals surface area contributed by atoms with Crippen LogP contribution in [-0.2, 0) is 9.09 Å². The summed E-state index contributed by atoms with van der Waals surface area (Å²) < 4.78 is 21.0. The van der Waals surface area contributed by atoms with Crippen LogP contribution in [0.4, 0.5) is 5.69 Å². The highest BCUT2D eigenvalue weighted by Gasteiger charge is 2.42. The number of benzene rings is 1. The molecule has 134 valence electrons. The van der Waals surface area contributed by atoms with Crippen molar-refractivity contribution in [3.05, 3.63) is 30.3 Å². The predicted octanol–water partition coefficient (Wildman–Crippen LogP) is 6.04. The molecule has 7 heteroatoms. The van der Waals surface area contributed by atoms with Crippen molar-refractivity contribution in [3.63, 3.8) is 0 Å². The third-order valence-electron chi connectivity index (χ3n) is 3.79. The fourth-order valence-electron chi connectivity index (χ4n) is 2.25. The lowest BCUT2D eigenvalue weighted by molar-refractivity contribution is 0.308. The van der Waals surface area contributed by atoms with Crippen LogP contribution < -0.4 is 0 Å². The molecule has 0 aliphatic carbocycles. The molecule has 0 saturated carbocycles.